The predicted molar refractivity (Wildman–Crippen MR) is 53.8 cm³/mol. The molecule has 2 radical (unpaired) electrons. The van der Waals surface area contributed by atoms with Gasteiger partial charge in [0.15, 0.2) is 0 Å². The van der Waals surface area contributed by atoms with Gasteiger partial charge in [-0.1, -0.05) is 0 Å². The molecule has 0 bridgehead atoms. The number of benzene rings is 1. The van der Waals surface area contributed by atoms with Gasteiger partial charge >= 0.3 is 84.3 Å². The van der Waals surface area contributed by atoms with E-state index < -0.39 is 0 Å². The van der Waals surface area contributed by atoms with Crippen LogP contribution in [0.5, 0.6) is 0 Å². The van der Waals surface area contributed by atoms with E-state index in [0.29, 0.717) is 0 Å². The van der Waals surface area contributed by atoms with Crippen LogP contribution in [0.25, 0.3) is 10.2 Å². The van der Waals surface area contributed by atoms with Gasteiger partial charge in [-0.25, -0.2) is 0 Å². The van der Waals surface area contributed by atoms with Crippen LogP contribution in [-0.4, -0.2) is 21.8 Å². The summed E-state index contributed by atoms with van der Waals surface area (Å²) in [7, 11) is 0. The van der Waals surface area contributed by atoms with Crippen molar-refractivity contribution in [1.29, 1.82) is 0 Å². The standard InChI is InChI=1S/C9H8AsNS/c1-6-2-3-8-7(4-6)11-9(5-10)12-8/h2-4H,5H2,1H3. The van der Waals surface area contributed by atoms with Crippen molar-refractivity contribution in [2.24, 2.45) is 0 Å². The first-order chi connectivity index (χ1) is 5.79. The average molecular weight is 237 g/mol. The molecule has 0 saturated heterocycles. The quantitative estimate of drug-likeness (QED) is 0.693. The zero-order valence-corrected chi connectivity index (χ0v) is 9.43. The van der Waals surface area contributed by atoms with Crippen molar-refractivity contribution in [1.82, 2.24) is 4.98 Å². The molecule has 2 rings (SSSR count). The third-order valence-corrected chi connectivity index (χ3v) is 3.85. The van der Waals surface area contributed by atoms with E-state index in [1.54, 1.807) is 11.3 Å². The van der Waals surface area contributed by atoms with Gasteiger partial charge < -0.3 is 0 Å². The van der Waals surface area contributed by atoms with E-state index in [2.05, 4.69) is 47.0 Å². The molecule has 3 heteroatoms. The molecule has 1 heterocycles. The Morgan fingerprint density at radius 3 is 3.08 bits per heavy atom. The third-order valence-electron chi connectivity index (χ3n) is 1.72. The monoisotopic (exact) mass is 237 g/mol. The van der Waals surface area contributed by atoms with Gasteiger partial charge in [0, 0.05) is 0 Å². The summed E-state index contributed by atoms with van der Waals surface area (Å²) in [5, 5.41) is 2.18. The van der Waals surface area contributed by atoms with Crippen molar-refractivity contribution in [2.45, 2.75) is 12.1 Å². The molecule has 60 valence electrons. The maximum absolute atomic E-state index is 4.49. The molecule has 0 atom stereocenters. The second kappa shape index (κ2) is 3.19. The van der Waals surface area contributed by atoms with E-state index in [0.717, 1.165) is 10.7 Å². The maximum atomic E-state index is 4.49. The van der Waals surface area contributed by atoms with Crippen LogP contribution in [0, 0.1) is 6.92 Å². The van der Waals surface area contributed by atoms with Crippen LogP contribution in [-0.2, 0) is 5.21 Å². The summed E-state index contributed by atoms with van der Waals surface area (Å²) in [5.41, 5.74) is 2.42. The van der Waals surface area contributed by atoms with Crippen LogP contribution in [0.15, 0.2) is 18.2 Å². The minimum atomic E-state index is 0.978. The summed E-state index contributed by atoms with van der Waals surface area (Å²) in [4.78, 5) is 4.49. The Kier molecular flexibility index (Phi) is 2.20. The normalized spacial score (nSPS) is 10.8. The zero-order valence-electron chi connectivity index (χ0n) is 6.74. The number of thiazole rings is 1. The molecule has 0 aliphatic carbocycles. The Balaban J connectivity index is 2.67. The second-order valence-corrected chi connectivity index (χ2v) is 4.52. The fourth-order valence-corrected chi connectivity index (χ4v) is 2.52. The first kappa shape index (κ1) is 8.28. The molecule has 1 nitrogen and oxygen atoms in total. The molecule has 0 amide bonds. The van der Waals surface area contributed by atoms with Gasteiger partial charge in [-0.3, -0.25) is 0 Å². The van der Waals surface area contributed by atoms with Gasteiger partial charge in [0.1, 0.15) is 0 Å². The van der Waals surface area contributed by atoms with Crippen LogP contribution < -0.4 is 0 Å². The van der Waals surface area contributed by atoms with Gasteiger partial charge in [-0.15, -0.1) is 0 Å². The van der Waals surface area contributed by atoms with Crippen molar-refractivity contribution >= 4 is 38.4 Å². The number of fused-ring (bicyclic) bond motifs is 1. The number of hydrogen-bond acceptors (Lipinski definition) is 2. The van der Waals surface area contributed by atoms with Gasteiger partial charge in [-0.2, -0.15) is 0 Å². The summed E-state index contributed by atoms with van der Waals surface area (Å²) in [6, 6.07) is 6.42. The van der Waals surface area contributed by atoms with Crippen LogP contribution in [0.1, 0.15) is 10.6 Å². The summed E-state index contributed by atoms with van der Waals surface area (Å²) < 4.78 is 1.29. The van der Waals surface area contributed by atoms with Crippen LogP contribution in [0.4, 0.5) is 0 Å². The van der Waals surface area contributed by atoms with Crippen LogP contribution >= 0.6 is 11.3 Å². The number of aromatic nitrogens is 1. The first-order valence-corrected chi connectivity index (χ1v) is 5.91. The molecule has 0 N–H and O–H groups in total. The summed E-state index contributed by atoms with van der Waals surface area (Å²) >= 11 is 4.34. The summed E-state index contributed by atoms with van der Waals surface area (Å²) in [5.74, 6) is 0. The van der Waals surface area contributed by atoms with Gasteiger partial charge in [0.25, 0.3) is 0 Å². The van der Waals surface area contributed by atoms with E-state index in [4.69, 9.17) is 0 Å². The van der Waals surface area contributed by atoms with Gasteiger partial charge in [0.2, 0.25) is 0 Å². The van der Waals surface area contributed by atoms with Crippen LogP contribution in [0.3, 0.4) is 0 Å². The van der Waals surface area contributed by atoms with Gasteiger partial charge in [0.05, 0.1) is 0 Å². The van der Waals surface area contributed by atoms with E-state index in [1.165, 1.54) is 15.3 Å². The van der Waals surface area contributed by atoms with Crippen molar-refractivity contribution < 1.29 is 0 Å². The third kappa shape index (κ3) is 1.41. The minimum absolute atomic E-state index is 0.978. The molecule has 0 saturated carbocycles. The van der Waals surface area contributed by atoms with E-state index in [1.807, 2.05) is 0 Å². The van der Waals surface area contributed by atoms with E-state index in [9.17, 15) is 0 Å². The van der Waals surface area contributed by atoms with Crippen molar-refractivity contribution in [3.8, 4) is 0 Å². The van der Waals surface area contributed by atoms with Crippen molar-refractivity contribution in [3.63, 3.8) is 0 Å². The molecule has 0 fully saturated rings. The molecule has 0 spiro atoms. The number of rotatable bonds is 1. The molecule has 0 unspecified atom stereocenters. The zero-order chi connectivity index (χ0) is 8.55. The first-order valence-electron chi connectivity index (χ1n) is 3.76. The SMILES string of the molecule is Cc1ccc2sc(C[As])nc2c1. The summed E-state index contributed by atoms with van der Waals surface area (Å²) in [6.45, 7) is 2.10. The molecule has 1 aromatic carbocycles. The molecule has 0 aliphatic rings. The molecular weight excluding hydrogens is 229 g/mol. The molecule has 0 aliphatic heterocycles. The number of nitrogens with zero attached hydrogens (tertiary/aromatic N) is 1. The Bertz CT molecular complexity index is 408. The van der Waals surface area contributed by atoms with Gasteiger partial charge in [-0.05, 0) is 0 Å². The van der Waals surface area contributed by atoms with Crippen molar-refractivity contribution in [3.05, 3.63) is 28.8 Å². The summed E-state index contributed by atoms with van der Waals surface area (Å²) in [6.07, 6.45) is 0. The van der Waals surface area contributed by atoms with Crippen molar-refractivity contribution in [2.75, 3.05) is 0 Å². The molecule has 2 aromatic rings. The Morgan fingerprint density at radius 1 is 1.50 bits per heavy atom. The Hall–Kier alpha value is -0.332. The number of aryl methyl sites for hydroxylation is 1. The Labute approximate surface area is 84.3 Å². The van der Waals surface area contributed by atoms with E-state index >= 15 is 0 Å². The topological polar surface area (TPSA) is 12.9 Å². The Morgan fingerprint density at radius 2 is 2.33 bits per heavy atom. The predicted octanol–water partition coefficient (Wildman–Crippen LogP) is 2.27. The second-order valence-electron chi connectivity index (χ2n) is 2.74. The molecule has 1 aromatic heterocycles. The fourth-order valence-electron chi connectivity index (χ4n) is 1.15. The molecular formula is C9H8AsNS. The number of hydrogen-bond donors (Lipinski definition) is 0. The van der Waals surface area contributed by atoms with Crippen LogP contribution in [0.2, 0.25) is 0 Å². The average Bonchev–Trinajstić information content (AvgIpc) is 2.46. The fraction of sp³-hybridized carbons (Fsp3) is 0.222. The van der Waals surface area contributed by atoms with E-state index in [-0.39, 0.29) is 0 Å². The molecule has 12 heavy (non-hydrogen) atoms.